The van der Waals surface area contributed by atoms with Crippen LogP contribution >= 0.6 is 0 Å². The minimum absolute atomic E-state index is 0.145. The van der Waals surface area contributed by atoms with E-state index in [4.69, 9.17) is 14.2 Å². The van der Waals surface area contributed by atoms with Crippen LogP contribution in [0.5, 0.6) is 0 Å². The number of aromatic nitrogens is 2. The van der Waals surface area contributed by atoms with E-state index < -0.39 is 0 Å². The van der Waals surface area contributed by atoms with E-state index in [-0.39, 0.29) is 12.3 Å². The van der Waals surface area contributed by atoms with Crippen LogP contribution in [0.2, 0.25) is 0 Å². The monoisotopic (exact) mass is 316 g/mol. The van der Waals surface area contributed by atoms with Crippen LogP contribution in [0.4, 0.5) is 0 Å². The molecule has 1 fully saturated rings. The predicted octanol–water partition coefficient (Wildman–Crippen LogP) is 2.70. The SMILES string of the molecule is COC(=O)c1cccc(-n2nccc2COC2CCCCO2)c1. The number of ether oxygens (including phenoxy) is 3. The van der Waals surface area contributed by atoms with Gasteiger partial charge in [0, 0.05) is 12.8 Å². The maximum absolute atomic E-state index is 11.7. The zero-order valence-electron chi connectivity index (χ0n) is 13.1. The number of carbonyl (C=O) groups excluding carboxylic acids is 1. The topological polar surface area (TPSA) is 62.6 Å². The van der Waals surface area contributed by atoms with Crippen molar-refractivity contribution >= 4 is 5.97 Å². The van der Waals surface area contributed by atoms with Crippen molar-refractivity contribution < 1.29 is 19.0 Å². The second-order valence-corrected chi connectivity index (χ2v) is 5.38. The summed E-state index contributed by atoms with van der Waals surface area (Å²) >= 11 is 0. The second kappa shape index (κ2) is 7.39. The van der Waals surface area contributed by atoms with Gasteiger partial charge in [0.1, 0.15) is 0 Å². The first-order valence-corrected chi connectivity index (χ1v) is 7.73. The number of benzene rings is 1. The number of carbonyl (C=O) groups is 1. The molecule has 0 N–H and O–H groups in total. The lowest BCUT2D eigenvalue weighted by molar-refractivity contribution is -0.169. The summed E-state index contributed by atoms with van der Waals surface area (Å²) in [5, 5.41) is 4.32. The minimum atomic E-state index is -0.368. The smallest absolute Gasteiger partial charge is 0.337 e. The highest BCUT2D eigenvalue weighted by Crippen LogP contribution is 2.18. The number of methoxy groups -OCH3 is 1. The van der Waals surface area contributed by atoms with Crippen molar-refractivity contribution in [2.24, 2.45) is 0 Å². The van der Waals surface area contributed by atoms with Crippen LogP contribution in [0.3, 0.4) is 0 Å². The van der Waals surface area contributed by atoms with Crippen LogP contribution < -0.4 is 0 Å². The van der Waals surface area contributed by atoms with E-state index in [1.165, 1.54) is 7.11 Å². The summed E-state index contributed by atoms with van der Waals surface area (Å²) in [4.78, 5) is 11.7. The second-order valence-electron chi connectivity index (χ2n) is 5.38. The molecule has 1 aromatic heterocycles. The molecule has 1 aliphatic heterocycles. The zero-order chi connectivity index (χ0) is 16.1. The summed E-state index contributed by atoms with van der Waals surface area (Å²) in [6.45, 7) is 1.16. The fourth-order valence-corrected chi connectivity index (χ4v) is 2.58. The third-order valence-electron chi connectivity index (χ3n) is 3.79. The van der Waals surface area contributed by atoms with E-state index in [0.717, 1.165) is 37.3 Å². The first kappa shape index (κ1) is 15.7. The summed E-state index contributed by atoms with van der Waals surface area (Å²) in [7, 11) is 1.37. The van der Waals surface area contributed by atoms with Crippen LogP contribution in [-0.2, 0) is 20.8 Å². The van der Waals surface area contributed by atoms with Crippen molar-refractivity contribution in [1.82, 2.24) is 9.78 Å². The summed E-state index contributed by atoms with van der Waals surface area (Å²) in [6.07, 6.45) is 4.72. The van der Waals surface area contributed by atoms with Gasteiger partial charge >= 0.3 is 5.97 Å². The molecule has 1 saturated heterocycles. The van der Waals surface area contributed by atoms with Gasteiger partial charge in [-0.1, -0.05) is 6.07 Å². The molecule has 0 radical (unpaired) electrons. The van der Waals surface area contributed by atoms with Gasteiger partial charge < -0.3 is 14.2 Å². The summed E-state index contributed by atoms with van der Waals surface area (Å²) in [6, 6.07) is 9.05. The van der Waals surface area contributed by atoms with Crippen molar-refractivity contribution in [1.29, 1.82) is 0 Å². The Bertz CT molecular complexity index is 662. The Morgan fingerprint density at radius 2 is 2.30 bits per heavy atom. The van der Waals surface area contributed by atoms with Crippen molar-refractivity contribution in [3.05, 3.63) is 47.8 Å². The van der Waals surface area contributed by atoms with Gasteiger partial charge in [-0.15, -0.1) is 0 Å². The van der Waals surface area contributed by atoms with Gasteiger partial charge in [0.2, 0.25) is 0 Å². The van der Waals surface area contributed by atoms with Crippen LogP contribution in [-0.4, -0.2) is 35.8 Å². The number of hydrogen-bond acceptors (Lipinski definition) is 5. The average Bonchev–Trinajstić information content (AvgIpc) is 3.09. The molecule has 0 amide bonds. The molecule has 122 valence electrons. The summed E-state index contributed by atoms with van der Waals surface area (Å²) in [5.74, 6) is -0.368. The van der Waals surface area contributed by atoms with Gasteiger partial charge in [0.15, 0.2) is 6.29 Å². The Balaban J connectivity index is 1.73. The van der Waals surface area contributed by atoms with Gasteiger partial charge in [-0.05, 0) is 43.5 Å². The van der Waals surface area contributed by atoms with Crippen LogP contribution in [0, 0.1) is 0 Å². The molecule has 0 bridgehead atoms. The molecular formula is C17H20N2O4. The molecule has 1 unspecified atom stereocenters. The lowest BCUT2D eigenvalue weighted by Crippen LogP contribution is -2.22. The fraction of sp³-hybridized carbons (Fsp3) is 0.412. The van der Waals surface area contributed by atoms with Gasteiger partial charge in [-0.2, -0.15) is 5.10 Å². The van der Waals surface area contributed by atoms with E-state index in [1.807, 2.05) is 12.1 Å². The highest BCUT2D eigenvalue weighted by molar-refractivity contribution is 5.89. The molecule has 1 aliphatic rings. The van der Waals surface area contributed by atoms with E-state index in [0.29, 0.717) is 12.2 Å². The lowest BCUT2D eigenvalue weighted by Gasteiger charge is -2.22. The van der Waals surface area contributed by atoms with Crippen molar-refractivity contribution in [2.45, 2.75) is 32.2 Å². The van der Waals surface area contributed by atoms with Crippen LogP contribution in [0.1, 0.15) is 35.3 Å². The minimum Gasteiger partial charge on any atom is -0.465 e. The highest BCUT2D eigenvalue weighted by Gasteiger charge is 2.16. The highest BCUT2D eigenvalue weighted by atomic mass is 16.7. The number of nitrogens with zero attached hydrogens (tertiary/aromatic N) is 2. The Hall–Kier alpha value is -2.18. The van der Waals surface area contributed by atoms with Gasteiger partial charge in [0.25, 0.3) is 0 Å². The summed E-state index contributed by atoms with van der Waals surface area (Å²) < 4.78 is 17.9. The standard InChI is InChI=1S/C17H20N2O4/c1-21-17(20)13-5-4-6-14(11-13)19-15(8-9-18-19)12-23-16-7-2-3-10-22-16/h4-6,8-9,11,16H,2-3,7,10,12H2,1H3. The molecular weight excluding hydrogens is 296 g/mol. The fourth-order valence-electron chi connectivity index (χ4n) is 2.58. The maximum Gasteiger partial charge on any atom is 0.337 e. The Labute approximate surface area is 135 Å². The molecule has 3 rings (SSSR count). The van der Waals surface area contributed by atoms with Crippen molar-refractivity contribution in [3.63, 3.8) is 0 Å². The van der Waals surface area contributed by atoms with Crippen LogP contribution in [0.25, 0.3) is 5.69 Å². The van der Waals surface area contributed by atoms with Crippen molar-refractivity contribution in [3.8, 4) is 5.69 Å². The molecule has 2 aromatic rings. The van der Waals surface area contributed by atoms with Crippen molar-refractivity contribution in [2.75, 3.05) is 13.7 Å². The number of esters is 1. The molecule has 0 spiro atoms. The van der Waals surface area contributed by atoms with Gasteiger partial charge in [-0.25, -0.2) is 9.48 Å². The quantitative estimate of drug-likeness (QED) is 0.794. The lowest BCUT2D eigenvalue weighted by atomic mass is 10.2. The molecule has 1 aromatic carbocycles. The third-order valence-corrected chi connectivity index (χ3v) is 3.79. The largest absolute Gasteiger partial charge is 0.465 e. The summed E-state index contributed by atoms with van der Waals surface area (Å²) in [5.41, 5.74) is 2.19. The normalized spacial score (nSPS) is 17.9. The maximum atomic E-state index is 11.7. The molecule has 1 atom stereocenters. The molecule has 23 heavy (non-hydrogen) atoms. The first-order chi connectivity index (χ1) is 11.3. The van der Waals surface area contributed by atoms with Gasteiger partial charge in [0.05, 0.1) is 30.7 Å². The number of hydrogen-bond donors (Lipinski definition) is 0. The van der Waals surface area contributed by atoms with Crippen LogP contribution in [0.15, 0.2) is 36.5 Å². The molecule has 6 heteroatoms. The van der Waals surface area contributed by atoms with E-state index >= 15 is 0 Å². The Kier molecular flexibility index (Phi) is 5.05. The predicted molar refractivity (Wildman–Crippen MR) is 83.3 cm³/mol. The third kappa shape index (κ3) is 3.78. The van der Waals surface area contributed by atoms with E-state index in [1.54, 1.807) is 29.1 Å². The van der Waals surface area contributed by atoms with E-state index in [9.17, 15) is 4.79 Å². The Morgan fingerprint density at radius 3 is 3.09 bits per heavy atom. The Morgan fingerprint density at radius 1 is 1.39 bits per heavy atom. The zero-order valence-corrected chi connectivity index (χ0v) is 13.1. The van der Waals surface area contributed by atoms with E-state index in [2.05, 4.69) is 5.10 Å². The molecule has 2 heterocycles. The molecule has 6 nitrogen and oxygen atoms in total. The van der Waals surface area contributed by atoms with Gasteiger partial charge in [-0.3, -0.25) is 0 Å². The molecule has 0 saturated carbocycles. The molecule has 0 aliphatic carbocycles. The first-order valence-electron chi connectivity index (χ1n) is 7.73. The average molecular weight is 316 g/mol. The number of rotatable bonds is 5.